The molecule has 2 fully saturated rings. The second-order valence-electron chi connectivity index (χ2n) is 7.85. The molecule has 7 nitrogen and oxygen atoms in total. The number of ether oxygens (including phenoxy) is 1. The molecule has 1 aromatic rings. The predicted octanol–water partition coefficient (Wildman–Crippen LogP) is 0.910. The molecule has 1 N–H and O–H groups in total. The first-order chi connectivity index (χ1) is 14.0. The first kappa shape index (κ1) is 19.6. The van der Waals surface area contributed by atoms with Crippen molar-refractivity contribution in [1.82, 2.24) is 15.1 Å². The van der Waals surface area contributed by atoms with Gasteiger partial charge in [-0.3, -0.25) is 19.7 Å². The summed E-state index contributed by atoms with van der Waals surface area (Å²) in [6.07, 6.45) is 2.90. The highest BCUT2D eigenvalue weighted by molar-refractivity contribution is 6.05. The number of carbonyl (C=O) groups excluding carboxylic acids is 3. The van der Waals surface area contributed by atoms with Crippen LogP contribution in [0.15, 0.2) is 18.2 Å². The van der Waals surface area contributed by atoms with Crippen molar-refractivity contribution in [2.75, 3.05) is 26.7 Å². The number of amides is 3. The molecule has 0 radical (unpaired) electrons. The first-order valence-electron chi connectivity index (χ1n) is 10.1. The Kier molecular flexibility index (Phi) is 5.65. The zero-order valence-electron chi connectivity index (χ0n) is 16.6. The van der Waals surface area contributed by atoms with Crippen LogP contribution >= 0.6 is 0 Å². The van der Waals surface area contributed by atoms with Crippen LogP contribution in [-0.2, 0) is 20.9 Å². The highest BCUT2D eigenvalue weighted by atomic mass is 16.5. The molecule has 3 aliphatic rings. The molecule has 3 heterocycles. The summed E-state index contributed by atoms with van der Waals surface area (Å²) in [5.41, 5.74) is 2.21. The van der Waals surface area contributed by atoms with E-state index in [0.29, 0.717) is 25.1 Å². The SMILES string of the molecule is CN1CCC(OCC#Cc2cccc3c2CN(C2CCC(=O)NC2=O)C3=O)CC1. The number of nitrogens with zero attached hydrogens (tertiary/aromatic N) is 2. The van der Waals surface area contributed by atoms with Crippen LogP contribution in [0.3, 0.4) is 0 Å². The Hall–Kier alpha value is -2.69. The molecule has 2 saturated heterocycles. The van der Waals surface area contributed by atoms with Crippen LogP contribution in [0.1, 0.15) is 47.2 Å². The summed E-state index contributed by atoms with van der Waals surface area (Å²) in [5.74, 6) is 5.34. The average molecular weight is 395 g/mol. The third kappa shape index (κ3) is 4.19. The van der Waals surface area contributed by atoms with E-state index < -0.39 is 11.9 Å². The molecule has 0 bridgehead atoms. The molecule has 0 spiro atoms. The maximum Gasteiger partial charge on any atom is 0.255 e. The Morgan fingerprint density at radius 3 is 2.72 bits per heavy atom. The van der Waals surface area contributed by atoms with Gasteiger partial charge in [0.1, 0.15) is 12.6 Å². The summed E-state index contributed by atoms with van der Waals surface area (Å²) >= 11 is 0. The maximum absolute atomic E-state index is 12.8. The molecule has 152 valence electrons. The molecule has 4 rings (SSSR count). The number of carbonyl (C=O) groups is 3. The third-order valence-electron chi connectivity index (χ3n) is 5.86. The Balaban J connectivity index is 1.42. The number of rotatable bonds is 3. The quantitative estimate of drug-likeness (QED) is 0.608. The molecular formula is C22H25N3O4. The van der Waals surface area contributed by atoms with Crippen LogP contribution in [-0.4, -0.2) is 66.4 Å². The standard InChI is InChI=1S/C22H25N3O4/c1-24-11-9-16(10-12-24)29-13-3-5-15-4-2-6-17-18(15)14-25(22(17)28)19-7-8-20(26)23-21(19)27/h2,4,6,16,19H,7-14H2,1H3,(H,23,26,27). The highest BCUT2D eigenvalue weighted by Crippen LogP contribution is 2.29. The summed E-state index contributed by atoms with van der Waals surface area (Å²) in [5, 5.41) is 2.32. The summed E-state index contributed by atoms with van der Waals surface area (Å²) in [6, 6.07) is 4.86. The van der Waals surface area contributed by atoms with E-state index in [9.17, 15) is 14.4 Å². The van der Waals surface area contributed by atoms with Crippen molar-refractivity contribution in [1.29, 1.82) is 0 Å². The normalized spacial score (nSPS) is 22.9. The lowest BCUT2D eigenvalue weighted by Crippen LogP contribution is -2.52. The number of benzene rings is 1. The van der Waals surface area contributed by atoms with E-state index in [1.165, 1.54) is 0 Å². The van der Waals surface area contributed by atoms with Gasteiger partial charge in [0.05, 0.1) is 6.10 Å². The number of imide groups is 1. The fourth-order valence-electron chi connectivity index (χ4n) is 4.15. The van der Waals surface area contributed by atoms with Gasteiger partial charge in [-0.15, -0.1) is 0 Å². The molecule has 1 aromatic carbocycles. The first-order valence-corrected chi connectivity index (χ1v) is 10.1. The molecule has 0 saturated carbocycles. The molecule has 3 amide bonds. The van der Waals surface area contributed by atoms with E-state index in [0.717, 1.165) is 37.1 Å². The lowest BCUT2D eigenvalue weighted by atomic mass is 10.0. The Labute approximate surface area is 170 Å². The second kappa shape index (κ2) is 8.36. The zero-order chi connectivity index (χ0) is 20.4. The van der Waals surface area contributed by atoms with Gasteiger partial charge in [0, 0.05) is 37.2 Å². The summed E-state index contributed by atoms with van der Waals surface area (Å²) < 4.78 is 5.87. The van der Waals surface area contributed by atoms with Gasteiger partial charge in [-0.25, -0.2) is 0 Å². The summed E-state index contributed by atoms with van der Waals surface area (Å²) in [7, 11) is 2.12. The van der Waals surface area contributed by atoms with E-state index in [1.54, 1.807) is 11.0 Å². The van der Waals surface area contributed by atoms with Crippen molar-refractivity contribution in [2.45, 2.75) is 44.4 Å². The average Bonchev–Trinajstić information content (AvgIpc) is 3.04. The van der Waals surface area contributed by atoms with E-state index >= 15 is 0 Å². The Morgan fingerprint density at radius 2 is 1.97 bits per heavy atom. The van der Waals surface area contributed by atoms with Crippen molar-refractivity contribution >= 4 is 17.7 Å². The van der Waals surface area contributed by atoms with Crippen molar-refractivity contribution in [3.63, 3.8) is 0 Å². The van der Waals surface area contributed by atoms with Crippen LogP contribution in [0.25, 0.3) is 0 Å². The summed E-state index contributed by atoms with van der Waals surface area (Å²) in [6.45, 7) is 2.79. The van der Waals surface area contributed by atoms with Crippen LogP contribution in [0.4, 0.5) is 0 Å². The number of fused-ring (bicyclic) bond motifs is 1. The minimum Gasteiger partial charge on any atom is -0.365 e. The van der Waals surface area contributed by atoms with Crippen LogP contribution in [0.2, 0.25) is 0 Å². The van der Waals surface area contributed by atoms with E-state index in [4.69, 9.17) is 4.74 Å². The van der Waals surface area contributed by atoms with Gasteiger partial charge in [0.2, 0.25) is 11.8 Å². The van der Waals surface area contributed by atoms with E-state index in [-0.39, 0.29) is 24.3 Å². The van der Waals surface area contributed by atoms with Gasteiger partial charge in [-0.05, 0) is 44.0 Å². The smallest absolute Gasteiger partial charge is 0.255 e. The lowest BCUT2D eigenvalue weighted by molar-refractivity contribution is -0.136. The number of piperidine rings is 2. The Morgan fingerprint density at radius 1 is 1.17 bits per heavy atom. The van der Waals surface area contributed by atoms with Crippen LogP contribution in [0, 0.1) is 11.8 Å². The highest BCUT2D eigenvalue weighted by Gasteiger charge is 2.39. The molecule has 7 heteroatoms. The maximum atomic E-state index is 12.8. The fraction of sp³-hybridized carbons (Fsp3) is 0.500. The van der Waals surface area contributed by atoms with Gasteiger partial charge in [0.15, 0.2) is 0 Å². The summed E-state index contributed by atoms with van der Waals surface area (Å²) in [4.78, 5) is 40.2. The molecule has 1 atom stereocenters. The van der Waals surface area contributed by atoms with Gasteiger partial charge in [-0.2, -0.15) is 0 Å². The third-order valence-corrected chi connectivity index (χ3v) is 5.86. The second-order valence-corrected chi connectivity index (χ2v) is 7.85. The van der Waals surface area contributed by atoms with Gasteiger partial charge in [0.25, 0.3) is 5.91 Å². The molecule has 1 unspecified atom stereocenters. The van der Waals surface area contributed by atoms with Crippen molar-refractivity contribution in [3.8, 4) is 11.8 Å². The molecular weight excluding hydrogens is 370 g/mol. The molecule has 29 heavy (non-hydrogen) atoms. The number of hydrogen-bond acceptors (Lipinski definition) is 5. The monoisotopic (exact) mass is 395 g/mol. The molecule has 3 aliphatic heterocycles. The van der Waals surface area contributed by atoms with Gasteiger partial charge >= 0.3 is 0 Å². The van der Waals surface area contributed by atoms with Crippen molar-refractivity contribution in [3.05, 3.63) is 34.9 Å². The lowest BCUT2D eigenvalue weighted by Gasteiger charge is -2.29. The van der Waals surface area contributed by atoms with E-state index in [1.807, 2.05) is 12.1 Å². The predicted molar refractivity (Wildman–Crippen MR) is 106 cm³/mol. The zero-order valence-corrected chi connectivity index (χ0v) is 16.6. The molecule has 0 aliphatic carbocycles. The Bertz CT molecular complexity index is 893. The van der Waals surface area contributed by atoms with Gasteiger partial charge in [-0.1, -0.05) is 17.9 Å². The number of likely N-dealkylation sites (tertiary alicyclic amines) is 1. The number of nitrogens with one attached hydrogen (secondary N) is 1. The van der Waals surface area contributed by atoms with E-state index in [2.05, 4.69) is 29.1 Å². The number of hydrogen-bond donors (Lipinski definition) is 1. The minimum absolute atomic E-state index is 0.180. The van der Waals surface area contributed by atoms with Gasteiger partial charge < -0.3 is 14.5 Å². The fourth-order valence-corrected chi connectivity index (χ4v) is 4.15. The largest absolute Gasteiger partial charge is 0.365 e. The van der Waals surface area contributed by atoms with Crippen molar-refractivity contribution < 1.29 is 19.1 Å². The topological polar surface area (TPSA) is 79.0 Å². The van der Waals surface area contributed by atoms with Crippen LogP contribution in [0.5, 0.6) is 0 Å². The molecule has 0 aromatic heterocycles. The minimum atomic E-state index is -0.610. The van der Waals surface area contributed by atoms with Crippen LogP contribution < -0.4 is 5.32 Å². The van der Waals surface area contributed by atoms with Crippen molar-refractivity contribution in [2.24, 2.45) is 0 Å².